The maximum atomic E-state index is 13.0. The number of hydrogen-bond donors (Lipinski definition) is 1. The summed E-state index contributed by atoms with van der Waals surface area (Å²) in [5.41, 5.74) is 2.15. The average molecular weight is 457 g/mol. The van der Waals surface area contributed by atoms with Crippen molar-refractivity contribution in [2.75, 3.05) is 17.2 Å². The number of carbonyl (C=O) groups excluding carboxylic acids is 1. The van der Waals surface area contributed by atoms with Crippen molar-refractivity contribution in [3.8, 4) is 5.75 Å². The molecular formula is C24H25FN2O4S. The van der Waals surface area contributed by atoms with Gasteiger partial charge in [0.15, 0.2) is 6.61 Å². The number of hydrogen-bond acceptors (Lipinski definition) is 4. The zero-order chi connectivity index (χ0) is 23.1. The lowest BCUT2D eigenvalue weighted by Gasteiger charge is -2.23. The van der Waals surface area contributed by atoms with E-state index in [-0.39, 0.29) is 30.9 Å². The second-order valence-corrected chi connectivity index (χ2v) is 9.29. The van der Waals surface area contributed by atoms with Crippen LogP contribution in [0, 0.1) is 5.82 Å². The second-order valence-electron chi connectivity index (χ2n) is 7.38. The van der Waals surface area contributed by atoms with Crippen LogP contribution in [0.3, 0.4) is 0 Å². The number of halogens is 1. The van der Waals surface area contributed by atoms with Crippen LogP contribution in [-0.4, -0.2) is 27.2 Å². The van der Waals surface area contributed by atoms with Crippen LogP contribution in [0.25, 0.3) is 0 Å². The Bertz CT molecular complexity index is 1130. The lowest BCUT2D eigenvalue weighted by Crippen LogP contribution is -2.31. The van der Waals surface area contributed by atoms with Crippen molar-refractivity contribution in [1.82, 2.24) is 5.32 Å². The van der Waals surface area contributed by atoms with Crippen LogP contribution in [-0.2, 0) is 21.4 Å². The number of ether oxygens (including phenoxy) is 1. The van der Waals surface area contributed by atoms with Gasteiger partial charge in [-0.2, -0.15) is 0 Å². The van der Waals surface area contributed by atoms with Gasteiger partial charge in [0.05, 0.1) is 24.5 Å². The summed E-state index contributed by atoms with van der Waals surface area (Å²) in [6, 6.07) is 21.4. The Morgan fingerprint density at radius 2 is 1.62 bits per heavy atom. The predicted octanol–water partition coefficient (Wildman–Crippen LogP) is 4.05. The topological polar surface area (TPSA) is 75.7 Å². The minimum Gasteiger partial charge on any atom is -0.484 e. The van der Waals surface area contributed by atoms with Gasteiger partial charge in [-0.1, -0.05) is 42.5 Å². The van der Waals surface area contributed by atoms with Crippen molar-refractivity contribution >= 4 is 21.6 Å². The first-order chi connectivity index (χ1) is 15.2. The van der Waals surface area contributed by atoms with E-state index < -0.39 is 10.0 Å². The van der Waals surface area contributed by atoms with E-state index in [2.05, 4.69) is 5.32 Å². The van der Waals surface area contributed by atoms with Gasteiger partial charge in [-0.15, -0.1) is 0 Å². The molecule has 0 fully saturated rings. The minimum atomic E-state index is -3.49. The zero-order valence-electron chi connectivity index (χ0n) is 17.9. The largest absolute Gasteiger partial charge is 0.484 e. The van der Waals surface area contributed by atoms with E-state index in [0.717, 1.165) is 17.4 Å². The zero-order valence-corrected chi connectivity index (χ0v) is 18.7. The molecule has 32 heavy (non-hydrogen) atoms. The van der Waals surface area contributed by atoms with Gasteiger partial charge >= 0.3 is 0 Å². The molecule has 0 unspecified atom stereocenters. The number of sulfonamides is 1. The average Bonchev–Trinajstić information content (AvgIpc) is 2.77. The van der Waals surface area contributed by atoms with Gasteiger partial charge in [-0.05, 0) is 54.4 Å². The smallest absolute Gasteiger partial charge is 0.258 e. The van der Waals surface area contributed by atoms with Gasteiger partial charge in [0.25, 0.3) is 5.91 Å². The third-order valence-electron chi connectivity index (χ3n) is 4.81. The summed E-state index contributed by atoms with van der Waals surface area (Å²) in [6.07, 6.45) is 1.16. The Kier molecular flexibility index (Phi) is 7.48. The molecule has 168 valence electrons. The molecule has 0 saturated carbocycles. The molecule has 0 aliphatic carbocycles. The van der Waals surface area contributed by atoms with Crippen LogP contribution in [0.15, 0.2) is 78.9 Å². The summed E-state index contributed by atoms with van der Waals surface area (Å²) < 4.78 is 44.5. The number of benzene rings is 3. The van der Waals surface area contributed by atoms with Gasteiger partial charge in [-0.25, -0.2) is 12.8 Å². The molecule has 3 aromatic carbocycles. The number of nitrogens with one attached hydrogen (secondary N) is 1. The molecule has 8 heteroatoms. The molecule has 0 aliphatic heterocycles. The van der Waals surface area contributed by atoms with E-state index in [1.807, 2.05) is 30.3 Å². The summed E-state index contributed by atoms with van der Waals surface area (Å²) in [5, 5.41) is 2.79. The second kappa shape index (κ2) is 10.3. The van der Waals surface area contributed by atoms with E-state index in [4.69, 9.17) is 4.74 Å². The van der Waals surface area contributed by atoms with Crippen molar-refractivity contribution in [3.05, 3.63) is 95.8 Å². The van der Waals surface area contributed by atoms with E-state index in [1.165, 1.54) is 16.4 Å². The molecule has 1 N–H and O–H groups in total. The van der Waals surface area contributed by atoms with Crippen LogP contribution in [0.5, 0.6) is 5.75 Å². The molecule has 0 heterocycles. The predicted molar refractivity (Wildman–Crippen MR) is 122 cm³/mol. The Morgan fingerprint density at radius 1 is 1.00 bits per heavy atom. The fourth-order valence-electron chi connectivity index (χ4n) is 3.12. The SMILES string of the molecule is C[C@@H](NC(=O)COc1ccc(N(Cc2ccccc2)S(C)(=O)=O)cc1)c1ccc(F)cc1. The molecule has 3 rings (SSSR count). The summed E-state index contributed by atoms with van der Waals surface area (Å²) in [4.78, 5) is 12.2. The molecule has 0 radical (unpaired) electrons. The number of rotatable bonds is 9. The summed E-state index contributed by atoms with van der Waals surface area (Å²) in [6.45, 7) is 1.81. The van der Waals surface area contributed by atoms with Gasteiger partial charge in [0.1, 0.15) is 11.6 Å². The van der Waals surface area contributed by atoms with Gasteiger partial charge in [0.2, 0.25) is 10.0 Å². The Morgan fingerprint density at radius 3 is 2.22 bits per heavy atom. The highest BCUT2D eigenvalue weighted by Gasteiger charge is 2.18. The lowest BCUT2D eigenvalue weighted by atomic mass is 10.1. The normalized spacial score (nSPS) is 12.1. The van der Waals surface area contributed by atoms with E-state index in [9.17, 15) is 17.6 Å². The number of nitrogens with zero attached hydrogens (tertiary/aromatic N) is 1. The number of amides is 1. The highest BCUT2D eigenvalue weighted by Crippen LogP contribution is 2.24. The molecule has 0 saturated heterocycles. The quantitative estimate of drug-likeness (QED) is 0.527. The molecule has 1 atom stereocenters. The van der Waals surface area contributed by atoms with Gasteiger partial charge in [-0.3, -0.25) is 9.10 Å². The molecule has 0 bridgehead atoms. The Hall–Kier alpha value is -3.39. The number of anilines is 1. The summed E-state index contributed by atoms with van der Waals surface area (Å²) >= 11 is 0. The lowest BCUT2D eigenvalue weighted by molar-refractivity contribution is -0.123. The molecule has 1 amide bonds. The summed E-state index contributed by atoms with van der Waals surface area (Å²) in [5.74, 6) is -0.225. The molecule has 3 aromatic rings. The van der Waals surface area contributed by atoms with Gasteiger partial charge < -0.3 is 10.1 Å². The van der Waals surface area contributed by atoms with Crippen LogP contribution >= 0.6 is 0 Å². The highest BCUT2D eigenvalue weighted by molar-refractivity contribution is 7.92. The molecular weight excluding hydrogens is 431 g/mol. The fraction of sp³-hybridized carbons (Fsp3) is 0.208. The Balaban J connectivity index is 1.59. The van der Waals surface area contributed by atoms with E-state index in [1.54, 1.807) is 43.3 Å². The van der Waals surface area contributed by atoms with Crippen LogP contribution in [0.4, 0.5) is 10.1 Å². The molecule has 6 nitrogen and oxygen atoms in total. The van der Waals surface area contributed by atoms with Crippen molar-refractivity contribution in [2.45, 2.75) is 19.5 Å². The van der Waals surface area contributed by atoms with Gasteiger partial charge in [0, 0.05) is 0 Å². The maximum Gasteiger partial charge on any atom is 0.258 e. The van der Waals surface area contributed by atoms with Crippen molar-refractivity contribution in [1.29, 1.82) is 0 Å². The molecule has 0 aromatic heterocycles. The Labute approximate surface area is 187 Å². The molecule has 0 aliphatic rings. The standard InChI is InChI=1S/C24H25FN2O4S/c1-18(20-8-10-21(25)11-9-20)26-24(28)17-31-23-14-12-22(13-15-23)27(32(2,29)30)16-19-6-4-3-5-7-19/h3-15,18H,16-17H2,1-2H3,(H,26,28)/t18-/m1/s1. The monoisotopic (exact) mass is 456 g/mol. The van der Waals surface area contributed by atoms with Crippen molar-refractivity contribution in [3.63, 3.8) is 0 Å². The highest BCUT2D eigenvalue weighted by atomic mass is 32.2. The first-order valence-corrected chi connectivity index (χ1v) is 11.9. The minimum absolute atomic E-state index is 0.204. The van der Waals surface area contributed by atoms with Crippen molar-refractivity contribution in [2.24, 2.45) is 0 Å². The summed E-state index contributed by atoms with van der Waals surface area (Å²) in [7, 11) is -3.49. The van der Waals surface area contributed by atoms with Crippen LogP contribution in [0.1, 0.15) is 24.1 Å². The maximum absolute atomic E-state index is 13.0. The van der Waals surface area contributed by atoms with Crippen molar-refractivity contribution < 1.29 is 22.3 Å². The molecule has 0 spiro atoms. The first kappa shape index (κ1) is 23.3. The van der Waals surface area contributed by atoms with Crippen LogP contribution < -0.4 is 14.4 Å². The third kappa shape index (κ3) is 6.55. The van der Waals surface area contributed by atoms with E-state index in [0.29, 0.717) is 11.4 Å². The first-order valence-electron chi connectivity index (χ1n) is 10.0. The third-order valence-corrected chi connectivity index (χ3v) is 5.95. The fourth-order valence-corrected chi connectivity index (χ4v) is 4.01. The number of carbonyl (C=O) groups is 1. The van der Waals surface area contributed by atoms with E-state index >= 15 is 0 Å². The van der Waals surface area contributed by atoms with Crippen LogP contribution in [0.2, 0.25) is 0 Å².